The van der Waals surface area contributed by atoms with E-state index < -0.39 is 0 Å². The van der Waals surface area contributed by atoms with Crippen molar-refractivity contribution < 1.29 is 22.4 Å². The Labute approximate surface area is 86.0 Å². The minimum absolute atomic E-state index is 0. The van der Waals surface area contributed by atoms with E-state index in [1.54, 1.807) is 0 Å². The van der Waals surface area contributed by atoms with Crippen molar-refractivity contribution >= 4 is 65.2 Å². The Morgan fingerprint density at radius 3 is 1.00 bits per heavy atom. The van der Waals surface area contributed by atoms with Gasteiger partial charge in [-0.05, 0) is 0 Å². The normalized spacial score (nSPS) is 0. The third-order valence-electron chi connectivity index (χ3n) is 0. The van der Waals surface area contributed by atoms with Gasteiger partial charge in [-0.2, -0.15) is 0 Å². The van der Waals surface area contributed by atoms with Gasteiger partial charge in [-0.3, -0.25) is 0 Å². The Morgan fingerprint density at radius 2 is 1.00 bits per heavy atom. The quantitative estimate of drug-likeness (QED) is 0.292. The molecule has 0 aliphatic carbocycles. The molecule has 0 unspecified atom stereocenters. The second-order valence-electron chi connectivity index (χ2n) is 0. The van der Waals surface area contributed by atoms with Crippen LogP contribution in [0.2, 0.25) is 0 Å². The third-order valence-corrected chi connectivity index (χ3v) is 0. The summed E-state index contributed by atoms with van der Waals surface area (Å²) < 4.78 is 0. The molecule has 3 radical (unpaired) electrons. The Bertz CT molecular complexity index is 8.00. The summed E-state index contributed by atoms with van der Waals surface area (Å²) in [4.78, 5) is 0. The molecule has 0 bridgehead atoms. The van der Waals surface area contributed by atoms with Gasteiger partial charge in [0.1, 0.15) is 0 Å². The molecule has 4 heteroatoms. The van der Waals surface area contributed by atoms with E-state index in [4.69, 9.17) is 0 Å². The van der Waals surface area contributed by atoms with E-state index in [0.717, 1.165) is 0 Å². The van der Waals surface area contributed by atoms with Gasteiger partial charge in [-0.25, -0.2) is 0 Å². The van der Waals surface area contributed by atoms with Gasteiger partial charge in [0.15, 0.2) is 0 Å². The van der Waals surface area contributed by atoms with Crippen LogP contribution in [0, 0.1) is 0 Å². The molecule has 0 heterocycles. The molecule has 0 fully saturated rings. The summed E-state index contributed by atoms with van der Waals surface area (Å²) in [5.74, 6) is 0. The van der Waals surface area contributed by atoms with Gasteiger partial charge in [0.2, 0.25) is 0 Å². The van der Waals surface area contributed by atoms with Crippen LogP contribution in [0.5, 0.6) is 0 Å². The maximum absolute atomic E-state index is 0. The van der Waals surface area contributed by atoms with Crippen molar-refractivity contribution in [2.24, 2.45) is 0 Å². The summed E-state index contributed by atoms with van der Waals surface area (Å²) in [6.07, 6.45) is 0. The number of hydrogen-bond acceptors (Lipinski definition) is 0. The predicted octanol–water partition coefficient (Wildman–Crippen LogP) is -3.29. The fourth-order valence-corrected chi connectivity index (χ4v) is 0. The van der Waals surface area contributed by atoms with Crippen molar-refractivity contribution in [1.29, 1.82) is 0 Å². The van der Waals surface area contributed by atoms with Crippen molar-refractivity contribution in [2.75, 3.05) is 0 Å². The van der Waals surface area contributed by atoms with E-state index >= 15 is 0 Å². The first-order chi connectivity index (χ1) is 0. The first-order valence-corrected chi connectivity index (χ1v) is 0. The first kappa shape index (κ1) is 28.7. The molecular weight excluding hydrogens is 516 g/mol. The monoisotopic (exact) mass is 529 g/mol. The van der Waals surface area contributed by atoms with Crippen molar-refractivity contribution in [2.45, 2.75) is 0 Å². The van der Waals surface area contributed by atoms with Gasteiger partial charge in [0.05, 0.1) is 0 Å². The van der Waals surface area contributed by atoms with Crippen LogP contribution < -0.4 is 0 Å². The van der Waals surface area contributed by atoms with Crippen molar-refractivity contribution in [1.82, 2.24) is 0 Å². The summed E-state index contributed by atoms with van der Waals surface area (Å²) in [7, 11) is 0. The Kier molecular flexibility index (Phi) is 121. The first-order valence-electron chi connectivity index (χ1n) is 0. The molecule has 4 heavy (non-hydrogen) atoms. The molecule has 0 nitrogen and oxygen atoms in total. The fourth-order valence-electron chi connectivity index (χ4n) is 0. The summed E-state index contributed by atoms with van der Waals surface area (Å²) in [6, 6.07) is 0. The molecule has 0 aromatic rings. The standard InChI is InChI=1S/Au.GeH4.Sn.H2Te.2H/h;1H4;;1H2;;. The van der Waals surface area contributed by atoms with Gasteiger partial charge in [0.25, 0.3) is 0 Å². The molecule has 0 N–H and O–H groups in total. The molecule has 0 atom stereocenters. The van der Waals surface area contributed by atoms with Gasteiger partial charge in [-0.15, -0.1) is 0 Å². The minimum atomic E-state index is 0. The average molecular weight is 524 g/mol. The average Bonchev–Trinajstić information content (AvgIpc) is 0. The third kappa shape index (κ3) is 8.86. The van der Waals surface area contributed by atoms with Crippen molar-refractivity contribution in [3.05, 3.63) is 0 Å². The van der Waals surface area contributed by atoms with Crippen LogP contribution in [0.3, 0.4) is 0 Å². The van der Waals surface area contributed by atoms with Gasteiger partial charge in [-0.1, -0.05) is 0 Å². The van der Waals surface area contributed by atoms with Crippen LogP contribution in [-0.2, 0) is 22.4 Å². The predicted molar refractivity (Wildman–Crippen MR) is 28.4 cm³/mol. The zero-order valence-electron chi connectivity index (χ0n) is 1.51. The molecule has 0 aromatic heterocycles. The topological polar surface area (TPSA) is 0 Å². The van der Waals surface area contributed by atoms with E-state index in [-0.39, 0.29) is 87.6 Å². The Balaban J connectivity index is 0. The molecule has 0 aromatic carbocycles. The molecule has 0 saturated carbocycles. The molecule has 0 rings (SSSR count). The van der Waals surface area contributed by atoms with E-state index in [1.807, 2.05) is 0 Å². The van der Waals surface area contributed by atoms with Gasteiger partial charge >= 0.3 is 65.2 Å². The number of hydrogen-bond donors (Lipinski definition) is 0. The number of rotatable bonds is 0. The summed E-state index contributed by atoms with van der Waals surface area (Å²) in [6.45, 7) is 0. The van der Waals surface area contributed by atoms with E-state index in [2.05, 4.69) is 0 Å². The molecular formula is H8AuGeSnTe. The molecule has 0 amide bonds. The van der Waals surface area contributed by atoms with Crippen LogP contribution in [0.1, 0.15) is 0 Å². The van der Waals surface area contributed by atoms with Gasteiger partial charge < -0.3 is 0 Å². The fraction of sp³-hybridized carbons (Fsp3) is 0. The van der Waals surface area contributed by atoms with E-state index in [1.165, 1.54) is 0 Å². The Morgan fingerprint density at radius 1 is 1.00 bits per heavy atom. The molecule has 0 spiro atoms. The summed E-state index contributed by atoms with van der Waals surface area (Å²) in [5, 5.41) is 0. The summed E-state index contributed by atoms with van der Waals surface area (Å²) in [5.41, 5.74) is 0. The summed E-state index contributed by atoms with van der Waals surface area (Å²) >= 11 is 0. The van der Waals surface area contributed by atoms with E-state index in [9.17, 15) is 0 Å². The zero-order chi connectivity index (χ0) is 0. The maximum atomic E-state index is 0. The Hall–Kier alpha value is 2.87. The van der Waals surface area contributed by atoms with Crippen LogP contribution in [0.15, 0.2) is 0 Å². The molecule has 0 aliphatic rings. The van der Waals surface area contributed by atoms with E-state index in [0.29, 0.717) is 0 Å². The van der Waals surface area contributed by atoms with Crippen LogP contribution in [0.4, 0.5) is 0 Å². The van der Waals surface area contributed by atoms with Gasteiger partial charge in [0, 0.05) is 22.4 Å². The van der Waals surface area contributed by atoms with Crippen molar-refractivity contribution in [3.63, 3.8) is 0 Å². The van der Waals surface area contributed by atoms with Crippen LogP contribution >= 0.6 is 0 Å². The second kappa shape index (κ2) is 16.9. The second-order valence-corrected chi connectivity index (χ2v) is 0. The molecule has 33 valence electrons. The SMILES string of the molecule is [Au].[GeH4].[SnH2].[TeH2]. The van der Waals surface area contributed by atoms with Crippen LogP contribution in [0.25, 0.3) is 0 Å². The van der Waals surface area contributed by atoms with Crippen LogP contribution in [-0.4, -0.2) is 65.2 Å². The van der Waals surface area contributed by atoms with Crippen molar-refractivity contribution in [3.8, 4) is 0 Å². The molecule has 0 saturated heterocycles. The molecule has 0 aliphatic heterocycles. The zero-order valence-corrected chi connectivity index (χ0v) is 10.6.